The summed E-state index contributed by atoms with van der Waals surface area (Å²) in [6, 6.07) is 6.69. The number of phenols is 1. The standard InChI is InChI=1S/C8H8N2O/c9-4-3-6-1-2-7(10)5-8(6)11/h1-2,5,11H,3,10H2. The Morgan fingerprint density at radius 1 is 1.55 bits per heavy atom. The van der Waals surface area contributed by atoms with E-state index in [1.807, 2.05) is 6.07 Å². The molecule has 0 atom stereocenters. The van der Waals surface area contributed by atoms with Crippen molar-refractivity contribution in [1.29, 1.82) is 5.26 Å². The van der Waals surface area contributed by atoms with Gasteiger partial charge in [0.15, 0.2) is 0 Å². The molecule has 1 aromatic rings. The molecule has 0 spiro atoms. The van der Waals surface area contributed by atoms with Gasteiger partial charge in [-0.05, 0) is 6.07 Å². The number of rotatable bonds is 1. The third-order valence-electron chi connectivity index (χ3n) is 1.38. The molecule has 3 N–H and O–H groups in total. The number of hydrogen-bond acceptors (Lipinski definition) is 3. The van der Waals surface area contributed by atoms with Gasteiger partial charge < -0.3 is 10.8 Å². The van der Waals surface area contributed by atoms with Gasteiger partial charge in [0.05, 0.1) is 12.5 Å². The van der Waals surface area contributed by atoms with E-state index < -0.39 is 0 Å². The molecule has 0 amide bonds. The molecule has 3 heteroatoms. The Bertz CT molecular complexity index is 301. The Hall–Kier alpha value is -1.69. The molecule has 0 unspecified atom stereocenters. The summed E-state index contributed by atoms with van der Waals surface area (Å²) in [6.07, 6.45) is 0.214. The summed E-state index contributed by atoms with van der Waals surface area (Å²) in [6.45, 7) is 0. The van der Waals surface area contributed by atoms with Gasteiger partial charge in [-0.2, -0.15) is 5.26 Å². The summed E-state index contributed by atoms with van der Waals surface area (Å²) in [5.41, 5.74) is 6.50. The highest BCUT2D eigenvalue weighted by atomic mass is 16.3. The zero-order valence-corrected chi connectivity index (χ0v) is 5.91. The van der Waals surface area contributed by atoms with Gasteiger partial charge in [0, 0.05) is 17.3 Å². The van der Waals surface area contributed by atoms with Gasteiger partial charge in [-0.1, -0.05) is 6.07 Å². The number of nitrogens with zero attached hydrogens (tertiary/aromatic N) is 1. The highest BCUT2D eigenvalue weighted by molar-refractivity contribution is 5.48. The second-order valence-electron chi connectivity index (χ2n) is 2.22. The van der Waals surface area contributed by atoms with E-state index in [0.29, 0.717) is 11.3 Å². The largest absolute Gasteiger partial charge is 0.508 e. The quantitative estimate of drug-likeness (QED) is 0.584. The molecule has 0 saturated heterocycles. The normalized spacial score (nSPS) is 9.00. The first-order valence-electron chi connectivity index (χ1n) is 3.18. The smallest absolute Gasteiger partial charge is 0.121 e. The molecule has 0 aliphatic rings. The lowest BCUT2D eigenvalue weighted by atomic mass is 10.1. The first kappa shape index (κ1) is 7.42. The number of anilines is 1. The summed E-state index contributed by atoms with van der Waals surface area (Å²) in [7, 11) is 0. The minimum absolute atomic E-state index is 0.0894. The lowest BCUT2D eigenvalue weighted by Crippen LogP contribution is -1.87. The molecular weight excluding hydrogens is 140 g/mol. The maximum absolute atomic E-state index is 9.19. The van der Waals surface area contributed by atoms with Crippen molar-refractivity contribution >= 4 is 5.69 Å². The predicted octanol–water partition coefficient (Wildman–Crippen LogP) is 1.04. The fourth-order valence-corrected chi connectivity index (χ4v) is 0.816. The second-order valence-corrected chi connectivity index (χ2v) is 2.22. The van der Waals surface area contributed by atoms with Gasteiger partial charge in [-0.3, -0.25) is 0 Å². The monoisotopic (exact) mass is 148 g/mol. The van der Waals surface area contributed by atoms with Crippen LogP contribution in [0, 0.1) is 11.3 Å². The summed E-state index contributed by atoms with van der Waals surface area (Å²) < 4.78 is 0. The minimum Gasteiger partial charge on any atom is -0.508 e. The van der Waals surface area contributed by atoms with Gasteiger partial charge in [-0.25, -0.2) is 0 Å². The maximum Gasteiger partial charge on any atom is 0.121 e. The summed E-state index contributed by atoms with van der Waals surface area (Å²) in [5.74, 6) is 0.0894. The van der Waals surface area contributed by atoms with E-state index in [9.17, 15) is 5.11 Å². The SMILES string of the molecule is N#CCc1ccc(N)cc1O. The molecule has 3 nitrogen and oxygen atoms in total. The Morgan fingerprint density at radius 2 is 2.27 bits per heavy atom. The molecule has 0 heterocycles. The van der Waals surface area contributed by atoms with E-state index in [4.69, 9.17) is 11.0 Å². The van der Waals surface area contributed by atoms with Crippen LogP contribution in [0.4, 0.5) is 5.69 Å². The van der Waals surface area contributed by atoms with Crippen LogP contribution in [0.15, 0.2) is 18.2 Å². The van der Waals surface area contributed by atoms with Crippen LogP contribution in [-0.4, -0.2) is 5.11 Å². The van der Waals surface area contributed by atoms with Crippen molar-refractivity contribution < 1.29 is 5.11 Å². The Balaban J connectivity index is 3.01. The molecule has 0 fully saturated rings. The summed E-state index contributed by atoms with van der Waals surface area (Å²) >= 11 is 0. The number of nitriles is 1. The minimum atomic E-state index is 0.0894. The third-order valence-corrected chi connectivity index (χ3v) is 1.38. The number of nitrogen functional groups attached to an aromatic ring is 1. The van der Waals surface area contributed by atoms with Crippen molar-refractivity contribution in [3.63, 3.8) is 0 Å². The number of benzene rings is 1. The zero-order valence-electron chi connectivity index (χ0n) is 5.91. The molecule has 0 bridgehead atoms. The fourth-order valence-electron chi connectivity index (χ4n) is 0.816. The molecular formula is C8H8N2O. The average molecular weight is 148 g/mol. The van der Waals surface area contributed by atoms with Gasteiger partial charge in [0.2, 0.25) is 0 Å². The topological polar surface area (TPSA) is 70.0 Å². The van der Waals surface area contributed by atoms with Crippen LogP contribution in [-0.2, 0) is 6.42 Å². The van der Waals surface area contributed by atoms with Crippen LogP contribution in [0.5, 0.6) is 5.75 Å². The van der Waals surface area contributed by atoms with E-state index in [2.05, 4.69) is 0 Å². The van der Waals surface area contributed by atoms with Crippen LogP contribution in [0.2, 0.25) is 0 Å². The predicted molar refractivity (Wildman–Crippen MR) is 41.8 cm³/mol. The van der Waals surface area contributed by atoms with Crippen molar-refractivity contribution in [3.05, 3.63) is 23.8 Å². The number of nitrogens with two attached hydrogens (primary N) is 1. The lowest BCUT2D eigenvalue weighted by molar-refractivity contribution is 0.470. The molecule has 0 aromatic heterocycles. The Morgan fingerprint density at radius 3 is 2.82 bits per heavy atom. The molecule has 56 valence electrons. The second kappa shape index (κ2) is 2.93. The molecule has 11 heavy (non-hydrogen) atoms. The first-order valence-corrected chi connectivity index (χ1v) is 3.18. The number of hydrogen-bond donors (Lipinski definition) is 2. The molecule has 0 aliphatic carbocycles. The van der Waals surface area contributed by atoms with Gasteiger partial charge in [0.25, 0.3) is 0 Å². The first-order chi connectivity index (χ1) is 5.24. The van der Waals surface area contributed by atoms with Crippen molar-refractivity contribution in [2.45, 2.75) is 6.42 Å². The van der Waals surface area contributed by atoms with Crippen molar-refractivity contribution in [2.24, 2.45) is 0 Å². The molecule has 0 aliphatic heterocycles. The van der Waals surface area contributed by atoms with Crippen LogP contribution in [0.25, 0.3) is 0 Å². The van der Waals surface area contributed by atoms with E-state index >= 15 is 0 Å². The summed E-state index contributed by atoms with van der Waals surface area (Å²) in [5, 5.41) is 17.5. The molecule has 1 rings (SSSR count). The Labute approximate surface area is 64.7 Å². The summed E-state index contributed by atoms with van der Waals surface area (Å²) in [4.78, 5) is 0. The van der Waals surface area contributed by atoms with E-state index in [1.165, 1.54) is 6.07 Å². The highest BCUT2D eigenvalue weighted by Gasteiger charge is 1.98. The lowest BCUT2D eigenvalue weighted by Gasteiger charge is -1.99. The zero-order chi connectivity index (χ0) is 8.27. The molecule has 1 aromatic carbocycles. The molecule has 0 radical (unpaired) electrons. The van der Waals surface area contributed by atoms with Crippen molar-refractivity contribution in [3.8, 4) is 11.8 Å². The fraction of sp³-hybridized carbons (Fsp3) is 0.125. The highest BCUT2D eigenvalue weighted by Crippen LogP contribution is 2.19. The third kappa shape index (κ3) is 1.62. The van der Waals surface area contributed by atoms with Crippen LogP contribution in [0.1, 0.15) is 5.56 Å². The van der Waals surface area contributed by atoms with Crippen LogP contribution >= 0.6 is 0 Å². The maximum atomic E-state index is 9.19. The van der Waals surface area contributed by atoms with E-state index in [-0.39, 0.29) is 12.2 Å². The van der Waals surface area contributed by atoms with E-state index in [1.54, 1.807) is 12.1 Å². The van der Waals surface area contributed by atoms with E-state index in [0.717, 1.165) is 0 Å². The van der Waals surface area contributed by atoms with Gasteiger partial charge in [-0.15, -0.1) is 0 Å². The van der Waals surface area contributed by atoms with Gasteiger partial charge in [0.1, 0.15) is 5.75 Å². The van der Waals surface area contributed by atoms with Crippen LogP contribution < -0.4 is 5.73 Å². The number of aromatic hydroxyl groups is 1. The Kier molecular flexibility index (Phi) is 1.98. The van der Waals surface area contributed by atoms with Crippen molar-refractivity contribution in [2.75, 3.05) is 5.73 Å². The van der Waals surface area contributed by atoms with Crippen LogP contribution in [0.3, 0.4) is 0 Å². The number of phenolic OH excluding ortho intramolecular Hbond substituents is 1. The van der Waals surface area contributed by atoms with Crippen molar-refractivity contribution in [1.82, 2.24) is 0 Å². The molecule has 0 saturated carbocycles. The van der Waals surface area contributed by atoms with Gasteiger partial charge >= 0.3 is 0 Å². The average Bonchev–Trinajstić information content (AvgIpc) is 1.95.